The van der Waals surface area contributed by atoms with Crippen molar-refractivity contribution in [3.05, 3.63) is 54.1 Å². The molecule has 1 heterocycles. The smallest absolute Gasteiger partial charge is 0.155 e. The summed E-state index contributed by atoms with van der Waals surface area (Å²) in [4.78, 5) is 5.90. The van der Waals surface area contributed by atoms with Crippen molar-refractivity contribution in [1.29, 1.82) is 0 Å². The van der Waals surface area contributed by atoms with E-state index in [1.54, 1.807) is 23.1 Å². The van der Waals surface area contributed by atoms with E-state index in [0.29, 0.717) is 6.04 Å². The highest BCUT2D eigenvalue weighted by atomic mass is 32.2. The number of para-hydroxylation sites is 1. The quantitative estimate of drug-likeness (QED) is 0.707. The summed E-state index contributed by atoms with van der Waals surface area (Å²) in [5.74, 6) is 0. The van der Waals surface area contributed by atoms with Crippen molar-refractivity contribution in [2.24, 2.45) is 0 Å². The predicted molar refractivity (Wildman–Crippen MR) is 92.3 cm³/mol. The van der Waals surface area contributed by atoms with Crippen molar-refractivity contribution in [3.8, 4) is 0 Å². The largest absolute Gasteiger partial charge is 0.310 e. The summed E-state index contributed by atoms with van der Waals surface area (Å²) in [6.45, 7) is 5.32. The second kappa shape index (κ2) is 6.60. The molecule has 1 N–H and O–H groups in total. The van der Waals surface area contributed by atoms with Crippen LogP contribution < -0.4 is 5.32 Å². The fourth-order valence-electron chi connectivity index (χ4n) is 2.24. The van der Waals surface area contributed by atoms with Gasteiger partial charge in [-0.05, 0) is 43.3 Å². The molecular weight excluding hydrogens is 296 g/mol. The highest BCUT2D eigenvalue weighted by molar-refractivity contribution is 8.01. The minimum absolute atomic E-state index is 0.400. The predicted octanol–water partition coefficient (Wildman–Crippen LogP) is 5.12. The van der Waals surface area contributed by atoms with Crippen LogP contribution in [0.4, 0.5) is 0 Å². The number of nitrogens with zero attached hydrogens (tertiary/aromatic N) is 1. The number of aromatic nitrogens is 1. The molecule has 0 saturated heterocycles. The van der Waals surface area contributed by atoms with E-state index in [-0.39, 0.29) is 0 Å². The van der Waals surface area contributed by atoms with Crippen molar-refractivity contribution in [3.63, 3.8) is 0 Å². The molecule has 0 aliphatic carbocycles. The summed E-state index contributed by atoms with van der Waals surface area (Å²) in [6.07, 6.45) is 0. The lowest BCUT2D eigenvalue weighted by Gasteiger charge is -2.12. The van der Waals surface area contributed by atoms with Crippen molar-refractivity contribution in [2.75, 3.05) is 6.54 Å². The fourth-order valence-corrected chi connectivity index (χ4v) is 4.28. The van der Waals surface area contributed by atoms with Crippen LogP contribution in [-0.4, -0.2) is 11.5 Å². The first-order chi connectivity index (χ1) is 10.3. The van der Waals surface area contributed by atoms with E-state index in [1.807, 2.05) is 6.07 Å². The SMILES string of the molecule is CCNC(C)c1ccc(Sc2nc3ccccc3s2)cc1. The number of thiazole rings is 1. The standard InChI is InChI=1S/C17H18N2S2/c1-3-18-12(2)13-8-10-14(11-9-13)20-17-19-15-6-4-5-7-16(15)21-17/h4-12,18H,3H2,1-2H3. The first-order valence-electron chi connectivity index (χ1n) is 7.13. The Hall–Kier alpha value is -1.36. The van der Waals surface area contributed by atoms with Gasteiger partial charge in [-0.25, -0.2) is 4.98 Å². The summed E-state index contributed by atoms with van der Waals surface area (Å²) in [5, 5.41) is 3.43. The van der Waals surface area contributed by atoms with Crippen molar-refractivity contribution in [2.45, 2.75) is 29.1 Å². The summed E-state index contributed by atoms with van der Waals surface area (Å²) < 4.78 is 2.35. The van der Waals surface area contributed by atoms with Gasteiger partial charge in [-0.1, -0.05) is 43.0 Å². The molecule has 1 unspecified atom stereocenters. The van der Waals surface area contributed by atoms with Crippen LogP contribution >= 0.6 is 23.1 Å². The Morgan fingerprint density at radius 1 is 1.14 bits per heavy atom. The van der Waals surface area contributed by atoms with Crippen LogP contribution in [0.2, 0.25) is 0 Å². The van der Waals surface area contributed by atoms with E-state index >= 15 is 0 Å². The second-order valence-electron chi connectivity index (χ2n) is 4.90. The van der Waals surface area contributed by atoms with Crippen molar-refractivity contribution in [1.82, 2.24) is 10.3 Å². The summed E-state index contributed by atoms with van der Waals surface area (Å²) in [7, 11) is 0. The van der Waals surface area contributed by atoms with Crippen molar-refractivity contribution >= 4 is 33.3 Å². The third kappa shape index (κ3) is 3.46. The van der Waals surface area contributed by atoms with Gasteiger partial charge in [0.15, 0.2) is 4.34 Å². The molecule has 2 aromatic carbocycles. The second-order valence-corrected chi connectivity index (χ2v) is 7.25. The summed E-state index contributed by atoms with van der Waals surface area (Å²) in [6, 6.07) is 17.4. The Bertz CT molecular complexity index is 686. The van der Waals surface area contributed by atoms with Gasteiger partial charge in [-0.3, -0.25) is 0 Å². The zero-order chi connectivity index (χ0) is 14.7. The zero-order valence-electron chi connectivity index (χ0n) is 12.2. The molecule has 0 saturated carbocycles. The summed E-state index contributed by atoms with van der Waals surface area (Å²) >= 11 is 3.48. The minimum atomic E-state index is 0.400. The maximum absolute atomic E-state index is 4.66. The lowest BCUT2D eigenvalue weighted by molar-refractivity contribution is 0.598. The third-order valence-corrected chi connectivity index (χ3v) is 5.47. The van der Waals surface area contributed by atoms with Gasteiger partial charge in [0.05, 0.1) is 10.2 Å². The molecule has 21 heavy (non-hydrogen) atoms. The lowest BCUT2D eigenvalue weighted by atomic mass is 10.1. The van der Waals surface area contributed by atoms with Gasteiger partial charge in [0.1, 0.15) is 0 Å². The van der Waals surface area contributed by atoms with Crippen LogP contribution in [0.5, 0.6) is 0 Å². The Morgan fingerprint density at radius 3 is 2.62 bits per heavy atom. The average molecular weight is 314 g/mol. The van der Waals surface area contributed by atoms with Gasteiger partial charge < -0.3 is 5.32 Å². The molecule has 0 aliphatic heterocycles. The first-order valence-corrected chi connectivity index (χ1v) is 8.76. The highest BCUT2D eigenvalue weighted by Gasteiger charge is 2.07. The molecule has 0 radical (unpaired) electrons. The zero-order valence-corrected chi connectivity index (χ0v) is 13.8. The highest BCUT2D eigenvalue weighted by Crippen LogP contribution is 2.34. The average Bonchev–Trinajstić information content (AvgIpc) is 2.90. The Morgan fingerprint density at radius 2 is 1.90 bits per heavy atom. The molecule has 1 atom stereocenters. The Kier molecular flexibility index (Phi) is 4.58. The number of nitrogens with one attached hydrogen (secondary N) is 1. The van der Waals surface area contributed by atoms with Gasteiger partial charge in [-0.15, -0.1) is 11.3 Å². The van der Waals surface area contributed by atoms with E-state index in [0.717, 1.165) is 16.4 Å². The number of benzene rings is 2. The number of hydrogen-bond acceptors (Lipinski definition) is 4. The molecule has 0 spiro atoms. The van der Waals surface area contributed by atoms with Crippen LogP contribution in [0.1, 0.15) is 25.5 Å². The monoisotopic (exact) mass is 314 g/mol. The Balaban J connectivity index is 1.75. The van der Waals surface area contributed by atoms with Crippen LogP contribution in [-0.2, 0) is 0 Å². The van der Waals surface area contributed by atoms with Crippen molar-refractivity contribution < 1.29 is 0 Å². The van der Waals surface area contributed by atoms with Crippen LogP contribution in [0.15, 0.2) is 57.8 Å². The molecule has 3 aromatic rings. The lowest BCUT2D eigenvalue weighted by Crippen LogP contribution is -2.17. The molecular formula is C17H18N2S2. The fraction of sp³-hybridized carbons (Fsp3) is 0.235. The molecule has 4 heteroatoms. The van der Waals surface area contributed by atoms with E-state index in [2.05, 4.69) is 66.6 Å². The van der Waals surface area contributed by atoms with Gasteiger partial charge in [0, 0.05) is 10.9 Å². The maximum atomic E-state index is 4.66. The van der Waals surface area contributed by atoms with Gasteiger partial charge in [0.2, 0.25) is 0 Å². The molecule has 108 valence electrons. The van der Waals surface area contributed by atoms with E-state index in [9.17, 15) is 0 Å². The molecule has 2 nitrogen and oxygen atoms in total. The Labute approximate surface area is 133 Å². The van der Waals surface area contributed by atoms with Crippen LogP contribution in [0.3, 0.4) is 0 Å². The first kappa shape index (κ1) is 14.6. The molecule has 1 aromatic heterocycles. The van der Waals surface area contributed by atoms with Crippen LogP contribution in [0.25, 0.3) is 10.2 Å². The van der Waals surface area contributed by atoms with Crippen LogP contribution in [0, 0.1) is 0 Å². The maximum Gasteiger partial charge on any atom is 0.155 e. The number of hydrogen-bond donors (Lipinski definition) is 1. The van der Waals surface area contributed by atoms with Gasteiger partial charge >= 0.3 is 0 Å². The minimum Gasteiger partial charge on any atom is -0.310 e. The molecule has 0 fully saturated rings. The molecule has 0 aliphatic rings. The van der Waals surface area contributed by atoms with Gasteiger partial charge in [-0.2, -0.15) is 0 Å². The molecule has 0 amide bonds. The summed E-state index contributed by atoms with van der Waals surface area (Å²) in [5.41, 5.74) is 2.41. The van der Waals surface area contributed by atoms with E-state index in [4.69, 9.17) is 0 Å². The van der Waals surface area contributed by atoms with E-state index < -0.39 is 0 Å². The molecule has 0 bridgehead atoms. The molecule has 3 rings (SSSR count). The number of rotatable bonds is 5. The number of fused-ring (bicyclic) bond motifs is 1. The van der Waals surface area contributed by atoms with E-state index in [1.165, 1.54) is 15.2 Å². The normalized spacial score (nSPS) is 12.7. The van der Waals surface area contributed by atoms with Gasteiger partial charge in [0.25, 0.3) is 0 Å². The topological polar surface area (TPSA) is 24.9 Å². The third-order valence-electron chi connectivity index (χ3n) is 3.37.